The Balaban J connectivity index is 2.72. The maximum Gasteiger partial charge on any atom is 0.240 e. The predicted molar refractivity (Wildman–Crippen MR) is 100 cm³/mol. The topological polar surface area (TPSA) is 75.7 Å². The van der Waals surface area contributed by atoms with Gasteiger partial charge >= 0.3 is 0 Å². The molecule has 0 spiro atoms. The van der Waals surface area contributed by atoms with E-state index in [1.54, 1.807) is 36.0 Å². The molecule has 0 radical (unpaired) electrons. The van der Waals surface area contributed by atoms with Crippen LogP contribution in [0.15, 0.2) is 24.3 Å². The number of anilines is 1. The van der Waals surface area contributed by atoms with Crippen molar-refractivity contribution in [2.24, 2.45) is 0 Å². The molecule has 1 amide bonds. The molecule has 0 aliphatic carbocycles. The van der Waals surface area contributed by atoms with E-state index in [9.17, 15) is 13.2 Å². The fraction of sp³-hybridized carbons (Fsp3) is 0.562. The maximum atomic E-state index is 12.1. The Morgan fingerprint density at radius 1 is 1.33 bits per heavy atom. The first-order valence-corrected chi connectivity index (χ1v) is 10.4. The number of rotatable bonds is 8. The van der Waals surface area contributed by atoms with Gasteiger partial charge in [0.05, 0.1) is 19.1 Å². The van der Waals surface area contributed by atoms with Crippen molar-refractivity contribution >= 4 is 33.4 Å². The molecule has 0 fully saturated rings. The summed E-state index contributed by atoms with van der Waals surface area (Å²) in [4.78, 5) is 12.1. The van der Waals surface area contributed by atoms with E-state index >= 15 is 0 Å². The number of ether oxygens (including phenoxy) is 1. The Labute approximate surface area is 149 Å². The average molecular weight is 375 g/mol. The van der Waals surface area contributed by atoms with E-state index in [2.05, 4.69) is 26.1 Å². The Bertz CT molecular complexity index is 654. The molecule has 0 aliphatic heterocycles. The Hall–Kier alpha value is -1.41. The van der Waals surface area contributed by atoms with Crippen LogP contribution in [0, 0.1) is 0 Å². The summed E-state index contributed by atoms with van der Waals surface area (Å²) in [6, 6.07) is 6.62. The SMILES string of the molecule is COc1cccc(N(CC(=O)NCCSC(C)(C)C)S(C)(=O)=O)c1. The van der Waals surface area contributed by atoms with Gasteiger partial charge in [-0.15, -0.1) is 0 Å². The average Bonchev–Trinajstić information content (AvgIpc) is 2.47. The molecule has 0 aromatic heterocycles. The van der Waals surface area contributed by atoms with Gasteiger partial charge in [-0.05, 0) is 12.1 Å². The molecule has 0 atom stereocenters. The van der Waals surface area contributed by atoms with Gasteiger partial charge in [0.1, 0.15) is 12.3 Å². The van der Waals surface area contributed by atoms with Crippen LogP contribution in [0.3, 0.4) is 0 Å². The van der Waals surface area contributed by atoms with E-state index in [1.165, 1.54) is 7.11 Å². The van der Waals surface area contributed by atoms with Crippen molar-refractivity contribution in [1.82, 2.24) is 5.32 Å². The molecular weight excluding hydrogens is 348 g/mol. The van der Waals surface area contributed by atoms with Crippen molar-refractivity contribution < 1.29 is 17.9 Å². The van der Waals surface area contributed by atoms with Crippen LogP contribution in [-0.4, -0.2) is 51.3 Å². The van der Waals surface area contributed by atoms with Gasteiger partial charge in [0, 0.05) is 23.1 Å². The second kappa shape index (κ2) is 8.62. The number of thioether (sulfide) groups is 1. The van der Waals surface area contributed by atoms with Crippen molar-refractivity contribution in [2.75, 3.05) is 36.5 Å². The minimum Gasteiger partial charge on any atom is -0.497 e. The number of methoxy groups -OCH3 is 1. The Kier molecular flexibility index (Phi) is 7.41. The number of sulfonamides is 1. The molecule has 1 N–H and O–H groups in total. The van der Waals surface area contributed by atoms with Crippen LogP contribution in [0.4, 0.5) is 5.69 Å². The van der Waals surface area contributed by atoms with Crippen LogP contribution < -0.4 is 14.4 Å². The molecule has 6 nitrogen and oxygen atoms in total. The van der Waals surface area contributed by atoms with Gasteiger partial charge in [0.15, 0.2) is 0 Å². The van der Waals surface area contributed by atoms with Gasteiger partial charge in [-0.3, -0.25) is 9.10 Å². The van der Waals surface area contributed by atoms with Gasteiger partial charge in [0.2, 0.25) is 15.9 Å². The molecule has 0 saturated carbocycles. The number of benzene rings is 1. The molecule has 8 heteroatoms. The van der Waals surface area contributed by atoms with E-state index in [4.69, 9.17) is 4.74 Å². The van der Waals surface area contributed by atoms with Gasteiger partial charge in [-0.1, -0.05) is 26.8 Å². The van der Waals surface area contributed by atoms with Crippen LogP contribution in [0.25, 0.3) is 0 Å². The summed E-state index contributed by atoms with van der Waals surface area (Å²) >= 11 is 1.74. The van der Waals surface area contributed by atoms with Crippen molar-refractivity contribution in [2.45, 2.75) is 25.5 Å². The number of carbonyl (C=O) groups excluding carboxylic acids is 1. The normalized spacial score (nSPS) is 11.9. The fourth-order valence-electron chi connectivity index (χ4n) is 1.90. The monoisotopic (exact) mass is 374 g/mol. The molecule has 0 heterocycles. The lowest BCUT2D eigenvalue weighted by Crippen LogP contribution is -2.41. The number of hydrogen-bond donors (Lipinski definition) is 1. The summed E-state index contributed by atoms with van der Waals surface area (Å²) in [6.45, 7) is 6.55. The molecular formula is C16H26N2O4S2. The van der Waals surface area contributed by atoms with E-state index in [0.29, 0.717) is 18.0 Å². The van der Waals surface area contributed by atoms with E-state index < -0.39 is 10.0 Å². The lowest BCUT2D eigenvalue weighted by atomic mass is 10.3. The minimum atomic E-state index is -3.58. The second-order valence-electron chi connectivity index (χ2n) is 6.28. The third-order valence-electron chi connectivity index (χ3n) is 2.99. The highest BCUT2D eigenvalue weighted by Crippen LogP contribution is 2.23. The molecule has 0 bridgehead atoms. The minimum absolute atomic E-state index is 0.129. The number of hydrogen-bond acceptors (Lipinski definition) is 5. The third kappa shape index (κ3) is 7.44. The largest absolute Gasteiger partial charge is 0.497 e. The van der Waals surface area contributed by atoms with E-state index in [0.717, 1.165) is 16.3 Å². The zero-order valence-electron chi connectivity index (χ0n) is 14.8. The highest BCUT2D eigenvalue weighted by atomic mass is 32.2. The summed E-state index contributed by atoms with van der Waals surface area (Å²) in [6.07, 6.45) is 1.08. The summed E-state index contributed by atoms with van der Waals surface area (Å²) in [7, 11) is -2.08. The number of nitrogens with one attached hydrogen (secondary N) is 1. The molecule has 0 unspecified atom stereocenters. The second-order valence-corrected chi connectivity index (χ2v) is 10.1. The lowest BCUT2D eigenvalue weighted by Gasteiger charge is -2.22. The standard InChI is InChI=1S/C16H26N2O4S2/c1-16(2,3)23-10-9-17-15(19)12-18(24(5,20)21)13-7-6-8-14(11-13)22-4/h6-8,11H,9-10,12H2,1-5H3,(H,17,19). The fourth-order valence-corrected chi connectivity index (χ4v) is 3.56. The Morgan fingerprint density at radius 2 is 2.00 bits per heavy atom. The Morgan fingerprint density at radius 3 is 2.54 bits per heavy atom. The van der Waals surface area contributed by atoms with Crippen LogP contribution in [0.5, 0.6) is 5.75 Å². The highest BCUT2D eigenvalue weighted by Gasteiger charge is 2.21. The zero-order valence-corrected chi connectivity index (χ0v) is 16.5. The maximum absolute atomic E-state index is 12.1. The van der Waals surface area contributed by atoms with Crippen LogP contribution in [0.2, 0.25) is 0 Å². The summed E-state index contributed by atoms with van der Waals surface area (Å²) in [5.41, 5.74) is 0.399. The molecule has 24 heavy (non-hydrogen) atoms. The van der Waals surface area contributed by atoms with Crippen molar-refractivity contribution in [3.8, 4) is 5.75 Å². The summed E-state index contributed by atoms with van der Waals surface area (Å²) in [5.74, 6) is 0.966. The lowest BCUT2D eigenvalue weighted by molar-refractivity contribution is -0.119. The third-order valence-corrected chi connectivity index (χ3v) is 5.40. The number of nitrogens with zero attached hydrogens (tertiary/aromatic N) is 1. The van der Waals surface area contributed by atoms with Crippen LogP contribution in [0.1, 0.15) is 20.8 Å². The van der Waals surface area contributed by atoms with Crippen LogP contribution in [-0.2, 0) is 14.8 Å². The van der Waals surface area contributed by atoms with Gasteiger partial charge in [0.25, 0.3) is 0 Å². The smallest absolute Gasteiger partial charge is 0.240 e. The molecule has 0 saturated heterocycles. The number of carbonyl (C=O) groups is 1. The van der Waals surface area contributed by atoms with Crippen LogP contribution >= 0.6 is 11.8 Å². The van der Waals surface area contributed by atoms with E-state index in [1.807, 2.05) is 0 Å². The molecule has 136 valence electrons. The van der Waals surface area contributed by atoms with Gasteiger partial charge < -0.3 is 10.1 Å². The van der Waals surface area contributed by atoms with Gasteiger partial charge in [-0.25, -0.2) is 8.42 Å². The predicted octanol–water partition coefficient (Wildman–Crippen LogP) is 2.11. The first-order chi connectivity index (χ1) is 11.0. The number of amides is 1. The van der Waals surface area contributed by atoms with E-state index in [-0.39, 0.29) is 17.2 Å². The van der Waals surface area contributed by atoms with Crippen molar-refractivity contribution in [3.05, 3.63) is 24.3 Å². The quantitative estimate of drug-likeness (QED) is 0.705. The first kappa shape index (κ1) is 20.6. The molecule has 1 aromatic carbocycles. The summed E-state index contributed by atoms with van der Waals surface area (Å²) in [5, 5.41) is 2.76. The molecule has 0 aliphatic rings. The van der Waals surface area contributed by atoms with Crippen molar-refractivity contribution in [3.63, 3.8) is 0 Å². The van der Waals surface area contributed by atoms with Gasteiger partial charge in [-0.2, -0.15) is 11.8 Å². The zero-order chi connectivity index (χ0) is 18.4. The molecule has 1 rings (SSSR count). The first-order valence-electron chi connectivity index (χ1n) is 7.55. The molecule has 1 aromatic rings. The van der Waals surface area contributed by atoms with Crippen molar-refractivity contribution in [1.29, 1.82) is 0 Å². The summed E-state index contributed by atoms with van der Waals surface area (Å²) < 4.78 is 30.4. The highest BCUT2D eigenvalue weighted by molar-refractivity contribution is 8.00.